The first kappa shape index (κ1) is 13.2. The summed E-state index contributed by atoms with van der Waals surface area (Å²) in [5.41, 5.74) is 4.15. The lowest BCUT2D eigenvalue weighted by atomic mass is 9.89. The zero-order valence-corrected chi connectivity index (χ0v) is 11.5. The Balaban J connectivity index is 2.50. The van der Waals surface area contributed by atoms with Crippen molar-refractivity contribution in [3.8, 4) is 6.07 Å². The molecule has 3 heteroatoms. The maximum Gasteiger partial charge on any atom is 0.115 e. The van der Waals surface area contributed by atoms with Gasteiger partial charge < -0.3 is 0 Å². The molecule has 19 heavy (non-hydrogen) atoms. The van der Waals surface area contributed by atoms with Crippen molar-refractivity contribution in [1.82, 2.24) is 9.97 Å². The zero-order chi connectivity index (χ0) is 13.8. The molecule has 1 unspecified atom stereocenters. The normalized spacial score (nSPS) is 12.2. The molecule has 0 N–H and O–H groups in total. The number of nitriles is 1. The highest BCUT2D eigenvalue weighted by Crippen LogP contribution is 2.28. The summed E-state index contributed by atoms with van der Waals surface area (Å²) in [4.78, 5) is 8.11. The Morgan fingerprint density at radius 2 is 2.00 bits per heavy atom. The Morgan fingerprint density at radius 1 is 1.21 bits per heavy atom. The number of benzene rings is 1. The molecular weight excluding hydrogens is 234 g/mol. The molecular formula is C16H17N3. The van der Waals surface area contributed by atoms with E-state index in [0.29, 0.717) is 5.92 Å². The number of aromatic nitrogens is 2. The molecule has 0 bridgehead atoms. The van der Waals surface area contributed by atoms with E-state index >= 15 is 0 Å². The van der Waals surface area contributed by atoms with E-state index in [1.54, 1.807) is 12.3 Å². The van der Waals surface area contributed by atoms with Gasteiger partial charge in [-0.05, 0) is 35.6 Å². The van der Waals surface area contributed by atoms with Crippen LogP contribution in [-0.4, -0.2) is 9.97 Å². The minimum atomic E-state index is -0.332. The molecule has 1 aromatic carbocycles. The maximum atomic E-state index is 9.48. The van der Waals surface area contributed by atoms with Gasteiger partial charge in [-0.1, -0.05) is 32.0 Å². The van der Waals surface area contributed by atoms with Crippen LogP contribution in [0.1, 0.15) is 48.1 Å². The first-order valence-corrected chi connectivity index (χ1v) is 6.39. The van der Waals surface area contributed by atoms with Crippen molar-refractivity contribution in [2.24, 2.45) is 0 Å². The largest absolute Gasteiger partial charge is 0.245 e. The predicted molar refractivity (Wildman–Crippen MR) is 74.8 cm³/mol. The van der Waals surface area contributed by atoms with Crippen molar-refractivity contribution in [3.63, 3.8) is 0 Å². The summed E-state index contributed by atoms with van der Waals surface area (Å²) in [6.07, 6.45) is 3.16. The second kappa shape index (κ2) is 5.62. The molecule has 0 fully saturated rings. The van der Waals surface area contributed by atoms with E-state index in [1.165, 1.54) is 11.9 Å². The van der Waals surface area contributed by atoms with Crippen LogP contribution in [0.2, 0.25) is 0 Å². The van der Waals surface area contributed by atoms with Gasteiger partial charge in [-0.2, -0.15) is 5.26 Å². The molecule has 1 aromatic heterocycles. The van der Waals surface area contributed by atoms with E-state index in [0.717, 1.165) is 16.8 Å². The van der Waals surface area contributed by atoms with E-state index in [-0.39, 0.29) is 5.92 Å². The molecule has 0 spiro atoms. The summed E-state index contributed by atoms with van der Waals surface area (Å²) in [7, 11) is 0. The Morgan fingerprint density at radius 3 is 2.58 bits per heavy atom. The van der Waals surface area contributed by atoms with E-state index in [4.69, 9.17) is 0 Å². The monoisotopic (exact) mass is 251 g/mol. The molecule has 0 amide bonds. The van der Waals surface area contributed by atoms with Gasteiger partial charge in [0.05, 0.1) is 11.8 Å². The molecule has 0 saturated heterocycles. The smallest absolute Gasteiger partial charge is 0.115 e. The minimum absolute atomic E-state index is 0.332. The highest BCUT2D eigenvalue weighted by atomic mass is 14.8. The zero-order valence-electron chi connectivity index (χ0n) is 11.5. The fraction of sp³-hybridized carbons (Fsp3) is 0.312. The molecule has 0 saturated carbocycles. The van der Waals surface area contributed by atoms with Crippen molar-refractivity contribution in [3.05, 3.63) is 59.2 Å². The molecule has 0 aliphatic rings. The highest BCUT2D eigenvalue weighted by Gasteiger charge is 2.17. The summed E-state index contributed by atoms with van der Waals surface area (Å²) < 4.78 is 0. The summed E-state index contributed by atoms with van der Waals surface area (Å²) in [5, 5.41) is 9.48. The van der Waals surface area contributed by atoms with Crippen LogP contribution in [0.25, 0.3) is 0 Å². The highest BCUT2D eigenvalue weighted by molar-refractivity contribution is 5.42. The molecule has 1 heterocycles. The lowest BCUT2D eigenvalue weighted by Gasteiger charge is -2.15. The Labute approximate surface area is 114 Å². The maximum absolute atomic E-state index is 9.48. The summed E-state index contributed by atoms with van der Waals surface area (Å²) >= 11 is 0. The van der Waals surface area contributed by atoms with Gasteiger partial charge in [0, 0.05) is 6.20 Å². The number of aryl methyl sites for hydroxylation is 1. The third kappa shape index (κ3) is 2.79. The molecule has 0 radical (unpaired) electrons. The molecule has 2 aromatic rings. The van der Waals surface area contributed by atoms with Crippen LogP contribution < -0.4 is 0 Å². The lowest BCUT2D eigenvalue weighted by molar-refractivity contribution is 0.854. The van der Waals surface area contributed by atoms with E-state index < -0.39 is 0 Å². The fourth-order valence-corrected chi connectivity index (χ4v) is 2.10. The molecule has 2 rings (SSSR count). The van der Waals surface area contributed by atoms with Crippen molar-refractivity contribution in [1.29, 1.82) is 5.26 Å². The molecule has 0 aliphatic carbocycles. The van der Waals surface area contributed by atoms with Crippen molar-refractivity contribution >= 4 is 0 Å². The van der Waals surface area contributed by atoms with Gasteiger partial charge in [-0.25, -0.2) is 9.97 Å². The van der Waals surface area contributed by atoms with Gasteiger partial charge in [0.15, 0.2) is 0 Å². The molecule has 96 valence electrons. The van der Waals surface area contributed by atoms with Gasteiger partial charge >= 0.3 is 0 Å². The third-order valence-electron chi connectivity index (χ3n) is 3.31. The van der Waals surface area contributed by atoms with Gasteiger partial charge in [0.2, 0.25) is 0 Å². The fourth-order valence-electron chi connectivity index (χ4n) is 2.10. The van der Waals surface area contributed by atoms with E-state index in [2.05, 4.69) is 48.1 Å². The van der Waals surface area contributed by atoms with Crippen LogP contribution in [0.5, 0.6) is 0 Å². The average Bonchev–Trinajstić information content (AvgIpc) is 2.42. The average molecular weight is 251 g/mol. The summed E-state index contributed by atoms with van der Waals surface area (Å²) in [6, 6.07) is 10.5. The molecule has 0 aliphatic heterocycles. The molecule has 3 nitrogen and oxygen atoms in total. The standard InChI is InChI=1S/C16H17N3/c1-11(2)13-5-4-12(3)14(8-13)15(9-17)16-6-7-18-10-19-16/h4-8,10-11,15H,1-3H3. The van der Waals surface area contributed by atoms with Gasteiger partial charge in [-0.15, -0.1) is 0 Å². The summed E-state index contributed by atoms with van der Waals surface area (Å²) in [5.74, 6) is 0.116. The number of rotatable bonds is 3. The second-order valence-corrected chi connectivity index (χ2v) is 4.97. The van der Waals surface area contributed by atoms with Crippen LogP contribution in [0.15, 0.2) is 36.8 Å². The first-order valence-electron chi connectivity index (χ1n) is 6.39. The Hall–Kier alpha value is -2.21. The van der Waals surface area contributed by atoms with Crippen molar-refractivity contribution < 1.29 is 0 Å². The van der Waals surface area contributed by atoms with Gasteiger partial charge in [-0.3, -0.25) is 0 Å². The number of nitrogens with zero attached hydrogens (tertiary/aromatic N) is 3. The number of hydrogen-bond donors (Lipinski definition) is 0. The SMILES string of the molecule is Cc1ccc(C(C)C)cc1C(C#N)c1ccncn1. The third-order valence-corrected chi connectivity index (χ3v) is 3.31. The minimum Gasteiger partial charge on any atom is -0.245 e. The predicted octanol–water partition coefficient (Wildman–Crippen LogP) is 3.56. The van der Waals surface area contributed by atoms with Crippen molar-refractivity contribution in [2.45, 2.75) is 32.6 Å². The Bertz CT molecular complexity index is 597. The summed E-state index contributed by atoms with van der Waals surface area (Å²) in [6.45, 7) is 6.34. The van der Waals surface area contributed by atoms with Gasteiger partial charge in [0.25, 0.3) is 0 Å². The van der Waals surface area contributed by atoms with E-state index in [1.807, 2.05) is 6.92 Å². The molecule has 1 atom stereocenters. The topological polar surface area (TPSA) is 49.6 Å². The van der Waals surface area contributed by atoms with Crippen LogP contribution >= 0.6 is 0 Å². The van der Waals surface area contributed by atoms with Crippen LogP contribution in [-0.2, 0) is 0 Å². The number of hydrogen-bond acceptors (Lipinski definition) is 3. The van der Waals surface area contributed by atoms with Crippen LogP contribution in [0.4, 0.5) is 0 Å². The lowest BCUT2D eigenvalue weighted by Crippen LogP contribution is -2.04. The van der Waals surface area contributed by atoms with E-state index in [9.17, 15) is 5.26 Å². The van der Waals surface area contributed by atoms with Crippen molar-refractivity contribution in [2.75, 3.05) is 0 Å². The Kier molecular flexibility index (Phi) is 3.91. The van der Waals surface area contributed by atoms with Crippen LogP contribution in [0.3, 0.4) is 0 Å². The van der Waals surface area contributed by atoms with Gasteiger partial charge in [0.1, 0.15) is 12.2 Å². The quantitative estimate of drug-likeness (QED) is 0.838. The second-order valence-electron chi connectivity index (χ2n) is 4.97. The van der Waals surface area contributed by atoms with Crippen LogP contribution in [0, 0.1) is 18.3 Å². The first-order chi connectivity index (χ1) is 9.13.